The first kappa shape index (κ1) is 14.8. The molecule has 0 aliphatic rings. The molecule has 0 aliphatic carbocycles. The fourth-order valence-electron chi connectivity index (χ4n) is 1.66. The van der Waals surface area contributed by atoms with E-state index in [1.165, 1.54) is 13.0 Å². The fraction of sp³-hybridized carbons (Fsp3) is 0.286. The maximum atomic E-state index is 10.8. The van der Waals surface area contributed by atoms with Crippen LogP contribution in [0.25, 0.3) is 6.08 Å². The molecule has 0 saturated heterocycles. The van der Waals surface area contributed by atoms with Crippen LogP contribution >= 0.6 is 0 Å². The van der Waals surface area contributed by atoms with Gasteiger partial charge >= 0.3 is 11.9 Å². The highest BCUT2D eigenvalue weighted by molar-refractivity contribution is 5.85. The molecule has 0 fully saturated rings. The molecule has 0 heterocycles. The van der Waals surface area contributed by atoms with Gasteiger partial charge in [-0.2, -0.15) is 0 Å². The van der Waals surface area contributed by atoms with Crippen molar-refractivity contribution in [1.82, 2.24) is 0 Å². The molecule has 0 bridgehead atoms. The van der Waals surface area contributed by atoms with Gasteiger partial charge in [0.2, 0.25) is 0 Å². The summed E-state index contributed by atoms with van der Waals surface area (Å²) in [6.07, 6.45) is 1.60. The molecule has 5 nitrogen and oxygen atoms in total. The molecule has 1 aromatic rings. The van der Waals surface area contributed by atoms with E-state index in [9.17, 15) is 9.59 Å². The van der Waals surface area contributed by atoms with E-state index in [1.807, 2.05) is 0 Å². The van der Waals surface area contributed by atoms with Crippen LogP contribution in [0.15, 0.2) is 18.2 Å². The minimum atomic E-state index is -1.03. The molecule has 19 heavy (non-hydrogen) atoms. The van der Waals surface area contributed by atoms with Crippen molar-refractivity contribution in [3.63, 3.8) is 0 Å². The lowest BCUT2D eigenvalue weighted by Crippen LogP contribution is -2.23. The molecule has 1 rings (SSSR count). The Morgan fingerprint density at radius 3 is 2.16 bits per heavy atom. The normalized spacial score (nSPS) is 12.4. The average Bonchev–Trinajstić information content (AvgIpc) is 2.30. The molecule has 1 atom stereocenters. The number of hydrogen-bond acceptors (Lipinski definition) is 3. The standard InChI is InChI=1S/C14H16O5/c1-8-6-11(4-5-12(15)16)7-9(2)13(8)19-10(3)14(17)18/h4-7,10H,1-3H3,(H,15,16)(H,17,18)/b5-4+. The van der Waals surface area contributed by atoms with E-state index in [0.717, 1.165) is 22.8 Å². The maximum absolute atomic E-state index is 10.8. The number of hydrogen-bond donors (Lipinski definition) is 2. The Morgan fingerprint density at radius 2 is 1.74 bits per heavy atom. The lowest BCUT2D eigenvalue weighted by Gasteiger charge is -2.16. The Bertz CT molecular complexity index is 508. The van der Waals surface area contributed by atoms with Crippen molar-refractivity contribution in [2.45, 2.75) is 26.9 Å². The molecule has 2 N–H and O–H groups in total. The molecule has 0 aromatic heterocycles. The lowest BCUT2D eigenvalue weighted by atomic mass is 10.1. The third-order valence-electron chi connectivity index (χ3n) is 2.54. The van der Waals surface area contributed by atoms with E-state index in [-0.39, 0.29) is 0 Å². The minimum Gasteiger partial charge on any atom is -0.479 e. The summed E-state index contributed by atoms with van der Waals surface area (Å²) in [6, 6.07) is 3.49. The SMILES string of the molecule is Cc1cc(/C=C/C(=O)O)cc(C)c1OC(C)C(=O)O. The Kier molecular flexibility index (Phi) is 4.69. The van der Waals surface area contributed by atoms with Gasteiger partial charge in [0.1, 0.15) is 5.75 Å². The largest absolute Gasteiger partial charge is 0.479 e. The number of aryl methyl sites for hydroxylation is 2. The number of carbonyl (C=O) groups is 2. The van der Waals surface area contributed by atoms with Crippen molar-refractivity contribution in [3.8, 4) is 5.75 Å². The van der Waals surface area contributed by atoms with Gasteiger partial charge in [-0.25, -0.2) is 9.59 Å². The van der Waals surface area contributed by atoms with Crippen LogP contribution in [0.5, 0.6) is 5.75 Å². The average molecular weight is 264 g/mol. The van der Waals surface area contributed by atoms with Crippen molar-refractivity contribution in [1.29, 1.82) is 0 Å². The number of aliphatic carboxylic acids is 2. The van der Waals surface area contributed by atoms with E-state index >= 15 is 0 Å². The second-order valence-corrected chi connectivity index (χ2v) is 4.25. The predicted octanol–water partition coefficient (Wildman–Crippen LogP) is 2.25. The Balaban J connectivity index is 3.04. The highest BCUT2D eigenvalue weighted by Crippen LogP contribution is 2.26. The third-order valence-corrected chi connectivity index (χ3v) is 2.54. The van der Waals surface area contributed by atoms with Crippen LogP contribution in [0, 0.1) is 13.8 Å². The van der Waals surface area contributed by atoms with E-state index in [4.69, 9.17) is 14.9 Å². The summed E-state index contributed by atoms with van der Waals surface area (Å²) in [5, 5.41) is 17.4. The first-order chi connectivity index (χ1) is 8.81. The number of benzene rings is 1. The predicted molar refractivity (Wildman–Crippen MR) is 70.3 cm³/mol. The van der Waals surface area contributed by atoms with Gasteiger partial charge in [-0.15, -0.1) is 0 Å². The topological polar surface area (TPSA) is 83.8 Å². The van der Waals surface area contributed by atoms with Gasteiger partial charge in [-0.05, 0) is 55.7 Å². The quantitative estimate of drug-likeness (QED) is 0.797. The molecule has 0 spiro atoms. The van der Waals surface area contributed by atoms with Crippen LogP contribution in [-0.2, 0) is 9.59 Å². The number of carboxylic acid groups (broad SMARTS) is 2. The van der Waals surface area contributed by atoms with Crippen LogP contribution in [0.2, 0.25) is 0 Å². The molecular weight excluding hydrogens is 248 g/mol. The first-order valence-corrected chi connectivity index (χ1v) is 5.73. The Labute approximate surface area is 111 Å². The van der Waals surface area contributed by atoms with E-state index in [2.05, 4.69) is 0 Å². The second kappa shape index (κ2) is 6.04. The van der Waals surface area contributed by atoms with Crippen molar-refractivity contribution in [2.24, 2.45) is 0 Å². The summed E-state index contributed by atoms with van der Waals surface area (Å²) in [7, 11) is 0. The zero-order valence-corrected chi connectivity index (χ0v) is 11.0. The molecule has 0 aliphatic heterocycles. The second-order valence-electron chi connectivity index (χ2n) is 4.25. The van der Waals surface area contributed by atoms with Crippen LogP contribution in [0.3, 0.4) is 0 Å². The van der Waals surface area contributed by atoms with E-state index < -0.39 is 18.0 Å². The Hall–Kier alpha value is -2.30. The van der Waals surface area contributed by atoms with Crippen LogP contribution in [-0.4, -0.2) is 28.3 Å². The summed E-state index contributed by atoms with van der Waals surface area (Å²) >= 11 is 0. The van der Waals surface area contributed by atoms with Gasteiger partial charge in [0, 0.05) is 6.08 Å². The zero-order valence-electron chi connectivity index (χ0n) is 11.0. The number of carboxylic acids is 2. The van der Waals surface area contributed by atoms with E-state index in [0.29, 0.717) is 5.75 Å². The van der Waals surface area contributed by atoms with E-state index in [1.54, 1.807) is 26.0 Å². The minimum absolute atomic E-state index is 0.516. The fourth-order valence-corrected chi connectivity index (χ4v) is 1.66. The van der Waals surface area contributed by atoms with Crippen molar-refractivity contribution >= 4 is 18.0 Å². The summed E-state index contributed by atoms with van der Waals surface area (Å²) in [6.45, 7) is 5.03. The van der Waals surface area contributed by atoms with Crippen molar-refractivity contribution in [2.75, 3.05) is 0 Å². The first-order valence-electron chi connectivity index (χ1n) is 5.73. The van der Waals surface area contributed by atoms with Crippen LogP contribution in [0.1, 0.15) is 23.6 Å². The monoisotopic (exact) mass is 264 g/mol. The molecular formula is C14H16O5. The molecule has 1 aromatic carbocycles. The van der Waals surface area contributed by atoms with Crippen molar-refractivity contribution < 1.29 is 24.5 Å². The van der Waals surface area contributed by atoms with Crippen LogP contribution < -0.4 is 4.74 Å². The van der Waals surface area contributed by atoms with Gasteiger partial charge in [0.25, 0.3) is 0 Å². The summed E-state index contributed by atoms with van der Waals surface area (Å²) in [4.78, 5) is 21.2. The third kappa shape index (κ3) is 4.13. The molecule has 5 heteroatoms. The molecule has 0 amide bonds. The summed E-state index contributed by atoms with van der Waals surface area (Å²) in [5.41, 5.74) is 2.25. The maximum Gasteiger partial charge on any atom is 0.344 e. The Morgan fingerprint density at radius 1 is 1.21 bits per heavy atom. The molecule has 102 valence electrons. The summed E-state index contributed by atoms with van der Waals surface area (Å²) in [5.74, 6) is -1.54. The summed E-state index contributed by atoms with van der Waals surface area (Å²) < 4.78 is 5.38. The molecule has 1 unspecified atom stereocenters. The van der Waals surface area contributed by atoms with Gasteiger partial charge < -0.3 is 14.9 Å². The van der Waals surface area contributed by atoms with Gasteiger partial charge in [0.15, 0.2) is 6.10 Å². The lowest BCUT2D eigenvalue weighted by molar-refractivity contribution is -0.144. The van der Waals surface area contributed by atoms with Crippen LogP contribution in [0.4, 0.5) is 0 Å². The molecule has 0 radical (unpaired) electrons. The zero-order chi connectivity index (χ0) is 14.6. The highest BCUT2D eigenvalue weighted by atomic mass is 16.5. The number of rotatable bonds is 5. The smallest absolute Gasteiger partial charge is 0.344 e. The number of ether oxygens (including phenoxy) is 1. The molecule has 0 saturated carbocycles. The van der Waals surface area contributed by atoms with Gasteiger partial charge in [-0.1, -0.05) is 0 Å². The van der Waals surface area contributed by atoms with Gasteiger partial charge in [-0.3, -0.25) is 0 Å². The highest BCUT2D eigenvalue weighted by Gasteiger charge is 2.15. The van der Waals surface area contributed by atoms with Crippen molar-refractivity contribution in [3.05, 3.63) is 34.9 Å². The van der Waals surface area contributed by atoms with Gasteiger partial charge in [0.05, 0.1) is 0 Å².